The number of aliphatic hydroxyl groups is 2. The first kappa shape index (κ1) is 47.9. The van der Waals surface area contributed by atoms with Crippen molar-refractivity contribution in [1.82, 2.24) is 30.2 Å². The monoisotopic (exact) mass is 916 g/mol. The molecule has 7 atom stereocenters. The number of phosphoric acid groups is 3. The predicted molar refractivity (Wildman–Crippen MR) is 200 cm³/mol. The van der Waals surface area contributed by atoms with E-state index in [1.807, 2.05) is 0 Å². The van der Waals surface area contributed by atoms with Crippen LogP contribution in [-0.4, -0.2) is 128 Å². The van der Waals surface area contributed by atoms with E-state index in [1.165, 1.54) is 38.1 Å². The molecule has 3 heterocycles. The van der Waals surface area contributed by atoms with Gasteiger partial charge in [-0.25, -0.2) is 28.6 Å². The predicted octanol–water partition coefficient (Wildman–Crippen LogP) is -0.113. The quantitative estimate of drug-likeness (QED) is 0.0291. The Morgan fingerprint density at radius 2 is 1.71 bits per heavy atom. The second-order valence-electron chi connectivity index (χ2n) is 13.0. The molecule has 1 aromatic carbocycles. The summed E-state index contributed by atoms with van der Waals surface area (Å²) in [6, 6.07) is 4.99. The second-order valence-corrected chi connectivity index (χ2v) is 18.3. The number of ether oxygens (including phenoxy) is 1. The lowest BCUT2D eigenvalue weighted by Gasteiger charge is -2.30. The number of carbonyl (C=O) groups is 3. The zero-order valence-corrected chi connectivity index (χ0v) is 34.1. The van der Waals surface area contributed by atoms with Crippen LogP contribution in [0.2, 0.25) is 0 Å². The molecule has 0 aliphatic carbocycles. The van der Waals surface area contributed by atoms with Gasteiger partial charge in [0.05, 0.1) is 24.5 Å². The SMILES string of the molecule is CC(C)(COP(=O)(O)OP(=O)(O)OC[C@H]1O[C@@H](n2cnc3c(N)ncnc32)[C@H](O)[C@@H]1OP(=O)(O)O)[C@@H](O)C(=O)NCCC(=O)NCCSC(=O)c1ccc([N+](=O)[O-])cc1. The number of anilines is 1. The van der Waals surface area contributed by atoms with Crippen molar-refractivity contribution in [3.8, 4) is 0 Å². The van der Waals surface area contributed by atoms with Gasteiger partial charge in [-0.3, -0.25) is 42.6 Å². The minimum absolute atomic E-state index is 0.0174. The number of benzene rings is 1. The van der Waals surface area contributed by atoms with Gasteiger partial charge < -0.3 is 50.9 Å². The van der Waals surface area contributed by atoms with E-state index in [9.17, 15) is 68.0 Å². The summed E-state index contributed by atoms with van der Waals surface area (Å²) >= 11 is 0.868. The van der Waals surface area contributed by atoms with Gasteiger partial charge >= 0.3 is 23.5 Å². The number of amides is 2. The van der Waals surface area contributed by atoms with Crippen molar-refractivity contribution < 1.29 is 85.4 Å². The number of aromatic nitrogens is 4. The van der Waals surface area contributed by atoms with Crippen LogP contribution in [0, 0.1) is 15.5 Å². The minimum Gasteiger partial charge on any atom is -0.386 e. The van der Waals surface area contributed by atoms with E-state index in [0.717, 1.165) is 29.0 Å². The summed E-state index contributed by atoms with van der Waals surface area (Å²) in [5.41, 5.74) is 4.25. The average molecular weight is 917 g/mol. The van der Waals surface area contributed by atoms with Crippen molar-refractivity contribution >= 4 is 74.8 Å². The van der Waals surface area contributed by atoms with E-state index in [-0.39, 0.29) is 58.6 Å². The highest BCUT2D eigenvalue weighted by Gasteiger charge is 2.50. The van der Waals surface area contributed by atoms with E-state index < -0.39 is 89.5 Å². The standard InChI is InChI=1S/C28H39N8O19P3S/c1-28(2,22(39)25(40)31-8-7-18(37)30-9-10-59-27(41)15-3-5-16(6-4-15)36(42)43)12-52-58(49,50)55-57(47,48)51-11-17-21(54-56(44,45)46)20(38)26(53-17)35-14-34-19-23(29)32-13-33-24(19)35/h3-6,13-14,17,20-22,26,38-39H,7-12H2,1-2H3,(H,30,37)(H,31,40)(H,47,48)(H,49,50)(H2,29,32,33)(H2,44,45,46)/t17-,20-,21-,22+,26-/m1/s1. The van der Waals surface area contributed by atoms with Gasteiger partial charge in [-0.15, -0.1) is 0 Å². The molecule has 0 radical (unpaired) electrons. The number of thioether (sulfide) groups is 1. The molecule has 2 amide bonds. The number of nitro benzene ring substituents is 1. The highest BCUT2D eigenvalue weighted by molar-refractivity contribution is 8.14. The molecule has 3 aromatic rings. The summed E-state index contributed by atoms with van der Waals surface area (Å²) in [5.74, 6) is -1.43. The molecule has 1 aliphatic heterocycles. The number of nitrogens with one attached hydrogen (secondary N) is 2. The molecule has 10 N–H and O–H groups in total. The number of nitrogens with zero attached hydrogens (tertiary/aromatic N) is 5. The fraction of sp³-hybridized carbons (Fsp3) is 0.500. The number of phosphoric ester groups is 3. The van der Waals surface area contributed by atoms with Crippen LogP contribution < -0.4 is 16.4 Å². The Bertz CT molecular complexity index is 2160. The van der Waals surface area contributed by atoms with Crippen LogP contribution in [0.1, 0.15) is 36.9 Å². The van der Waals surface area contributed by atoms with E-state index in [0.29, 0.717) is 0 Å². The number of fused-ring (bicyclic) bond motifs is 1. The van der Waals surface area contributed by atoms with Gasteiger partial charge in [-0.05, 0) is 12.1 Å². The lowest BCUT2D eigenvalue weighted by Crippen LogP contribution is -2.46. The zero-order valence-electron chi connectivity index (χ0n) is 30.6. The number of nitrogens with two attached hydrogens (primary N) is 1. The van der Waals surface area contributed by atoms with E-state index in [2.05, 4.69) is 34.4 Å². The topological polar surface area (TPSA) is 407 Å². The molecule has 1 saturated heterocycles. The maximum Gasteiger partial charge on any atom is 0.481 e. The number of nitro groups is 1. The highest BCUT2D eigenvalue weighted by atomic mass is 32.2. The van der Waals surface area contributed by atoms with Crippen molar-refractivity contribution in [1.29, 1.82) is 0 Å². The lowest BCUT2D eigenvalue weighted by atomic mass is 9.87. The van der Waals surface area contributed by atoms with Gasteiger partial charge in [0.25, 0.3) is 5.69 Å². The van der Waals surface area contributed by atoms with Gasteiger partial charge in [-0.2, -0.15) is 4.31 Å². The normalized spacial score (nSPS) is 21.0. The Hall–Kier alpha value is -3.82. The molecule has 0 bridgehead atoms. The number of rotatable bonds is 21. The Morgan fingerprint density at radius 1 is 1.05 bits per heavy atom. The fourth-order valence-corrected chi connectivity index (χ4v) is 8.60. The first-order valence-electron chi connectivity index (χ1n) is 16.7. The minimum atomic E-state index is -5.60. The van der Waals surface area contributed by atoms with Crippen LogP contribution in [0.3, 0.4) is 0 Å². The number of aliphatic hydroxyl groups excluding tert-OH is 2. The van der Waals surface area contributed by atoms with Crippen molar-refractivity contribution in [2.75, 3.05) is 37.8 Å². The van der Waals surface area contributed by atoms with Gasteiger partial charge in [0.15, 0.2) is 17.7 Å². The van der Waals surface area contributed by atoms with Crippen molar-refractivity contribution in [3.05, 3.63) is 52.6 Å². The highest BCUT2D eigenvalue weighted by Crippen LogP contribution is 2.61. The molecule has 0 spiro atoms. The Morgan fingerprint density at radius 3 is 2.36 bits per heavy atom. The molecule has 326 valence electrons. The van der Waals surface area contributed by atoms with Gasteiger partial charge in [-0.1, -0.05) is 25.6 Å². The summed E-state index contributed by atoms with van der Waals surface area (Å²) in [4.78, 5) is 98.0. The van der Waals surface area contributed by atoms with Crippen LogP contribution in [0.4, 0.5) is 11.5 Å². The third-order valence-electron chi connectivity index (χ3n) is 8.05. The fourth-order valence-electron chi connectivity index (χ4n) is 5.08. The molecule has 2 aromatic heterocycles. The lowest BCUT2D eigenvalue weighted by molar-refractivity contribution is -0.384. The van der Waals surface area contributed by atoms with Crippen molar-refractivity contribution in [2.24, 2.45) is 5.41 Å². The Labute approximate surface area is 336 Å². The molecule has 2 unspecified atom stereocenters. The number of hydrogen-bond acceptors (Lipinski definition) is 20. The zero-order chi connectivity index (χ0) is 43.9. The summed E-state index contributed by atoms with van der Waals surface area (Å²) in [7, 11) is -16.5. The maximum atomic E-state index is 12.7. The molecule has 0 saturated carbocycles. The maximum absolute atomic E-state index is 12.7. The number of nitrogen functional groups attached to an aromatic ring is 1. The summed E-state index contributed by atoms with van der Waals surface area (Å²) in [5, 5.41) is 36.6. The number of non-ortho nitro benzene ring substituents is 1. The summed E-state index contributed by atoms with van der Waals surface area (Å²) < 4.78 is 62.1. The molecule has 1 fully saturated rings. The first-order valence-corrected chi connectivity index (χ1v) is 22.2. The van der Waals surface area contributed by atoms with Crippen molar-refractivity contribution in [3.63, 3.8) is 0 Å². The third-order valence-corrected chi connectivity index (χ3v) is 12.1. The smallest absolute Gasteiger partial charge is 0.386 e. The number of carbonyl (C=O) groups excluding carboxylic acids is 3. The molecular formula is C28H39N8O19P3S. The Balaban J connectivity index is 1.21. The molecule has 27 nitrogen and oxygen atoms in total. The van der Waals surface area contributed by atoms with Gasteiger partial charge in [0.1, 0.15) is 36.3 Å². The average Bonchev–Trinajstić information content (AvgIpc) is 3.71. The molecular weight excluding hydrogens is 877 g/mol. The van der Waals surface area contributed by atoms with Crippen LogP contribution in [0.15, 0.2) is 36.9 Å². The molecule has 31 heteroatoms. The van der Waals surface area contributed by atoms with E-state index in [4.69, 9.17) is 19.5 Å². The van der Waals surface area contributed by atoms with Crippen LogP contribution >= 0.6 is 35.2 Å². The van der Waals surface area contributed by atoms with Crippen molar-refractivity contribution in [2.45, 2.75) is 50.9 Å². The first-order chi connectivity index (χ1) is 27.4. The van der Waals surface area contributed by atoms with Gasteiger partial charge in [0, 0.05) is 48.4 Å². The largest absolute Gasteiger partial charge is 0.481 e. The van der Waals surface area contributed by atoms with Gasteiger partial charge in [0.2, 0.25) is 16.9 Å². The van der Waals surface area contributed by atoms with E-state index >= 15 is 0 Å². The second kappa shape index (κ2) is 19.7. The van der Waals surface area contributed by atoms with E-state index in [1.54, 1.807) is 0 Å². The Kier molecular flexibility index (Phi) is 16.0. The van der Waals surface area contributed by atoms with Crippen LogP contribution in [-0.2, 0) is 45.9 Å². The molecule has 1 aliphatic rings. The number of hydrogen-bond donors (Lipinski definition) is 9. The molecule has 4 rings (SSSR count). The third kappa shape index (κ3) is 13.6. The van der Waals surface area contributed by atoms with Crippen LogP contribution in [0.25, 0.3) is 11.2 Å². The number of imidazole rings is 1. The summed E-state index contributed by atoms with van der Waals surface area (Å²) in [6.07, 6.45) is -7.13. The van der Waals surface area contributed by atoms with Crippen LogP contribution in [0.5, 0.6) is 0 Å². The molecule has 59 heavy (non-hydrogen) atoms. The summed E-state index contributed by atoms with van der Waals surface area (Å²) in [6.45, 7) is 0.179.